The first kappa shape index (κ1) is 13.4. The van der Waals surface area contributed by atoms with Gasteiger partial charge in [-0.05, 0) is 67.4 Å². The fraction of sp³-hybridized carbons (Fsp3) is 1.00. The number of hydrogen-bond donors (Lipinski definition) is 1. The maximum absolute atomic E-state index is 3.49. The molecule has 2 fully saturated rings. The third-order valence-corrected chi connectivity index (χ3v) is 5.27. The molecule has 1 saturated heterocycles. The summed E-state index contributed by atoms with van der Waals surface area (Å²) in [6.45, 7) is 14.7. The fourth-order valence-electron chi connectivity index (χ4n) is 3.98. The quantitative estimate of drug-likeness (QED) is 0.780. The molecule has 2 aliphatic rings. The Hall–Kier alpha value is -0.0400. The Morgan fingerprint density at radius 1 is 1.00 bits per heavy atom. The minimum Gasteiger partial charge on any atom is -0.317 e. The summed E-state index contributed by atoms with van der Waals surface area (Å²) in [5, 5.41) is 3.49. The van der Waals surface area contributed by atoms with E-state index in [0.29, 0.717) is 10.8 Å². The molecule has 1 nitrogen and oxygen atoms in total. The van der Waals surface area contributed by atoms with E-state index < -0.39 is 0 Å². The average molecular weight is 237 g/mol. The van der Waals surface area contributed by atoms with Crippen molar-refractivity contribution in [3.8, 4) is 0 Å². The number of hydrogen-bond acceptors (Lipinski definition) is 1. The Morgan fingerprint density at radius 3 is 2.06 bits per heavy atom. The first-order valence-electron chi connectivity index (χ1n) is 7.51. The molecule has 2 rings (SSSR count). The molecule has 1 saturated carbocycles. The summed E-state index contributed by atoms with van der Waals surface area (Å²) in [5.74, 6) is 2.95. The summed E-state index contributed by atoms with van der Waals surface area (Å²) in [6, 6.07) is 0. The van der Waals surface area contributed by atoms with Gasteiger partial charge in [0.15, 0.2) is 0 Å². The first-order chi connectivity index (χ1) is 7.81. The molecule has 0 radical (unpaired) electrons. The second-order valence-electron chi connectivity index (χ2n) is 8.19. The topological polar surface area (TPSA) is 12.0 Å². The van der Waals surface area contributed by atoms with E-state index in [1.165, 1.54) is 38.8 Å². The van der Waals surface area contributed by atoms with Crippen LogP contribution >= 0.6 is 0 Å². The monoisotopic (exact) mass is 237 g/mol. The van der Waals surface area contributed by atoms with E-state index in [1.54, 1.807) is 0 Å². The normalized spacial score (nSPS) is 31.6. The van der Waals surface area contributed by atoms with Crippen LogP contribution in [0.1, 0.15) is 60.3 Å². The molecule has 1 heteroatoms. The molecular weight excluding hydrogens is 206 g/mol. The van der Waals surface area contributed by atoms with Gasteiger partial charge < -0.3 is 5.32 Å². The maximum atomic E-state index is 3.49. The summed E-state index contributed by atoms with van der Waals surface area (Å²) in [5.41, 5.74) is 1.10. The Bertz CT molecular complexity index is 255. The van der Waals surface area contributed by atoms with Crippen molar-refractivity contribution in [2.45, 2.75) is 60.3 Å². The van der Waals surface area contributed by atoms with Crippen LogP contribution in [0.5, 0.6) is 0 Å². The zero-order valence-corrected chi connectivity index (χ0v) is 12.5. The van der Waals surface area contributed by atoms with Crippen LogP contribution in [0.25, 0.3) is 0 Å². The molecule has 1 heterocycles. The van der Waals surface area contributed by atoms with Crippen LogP contribution in [0.4, 0.5) is 0 Å². The zero-order chi connectivity index (χ0) is 12.7. The van der Waals surface area contributed by atoms with Crippen molar-refractivity contribution in [3.05, 3.63) is 0 Å². The number of rotatable bonds is 3. The minimum absolute atomic E-state index is 0.537. The highest BCUT2D eigenvalue weighted by Crippen LogP contribution is 2.56. The van der Waals surface area contributed by atoms with E-state index in [4.69, 9.17) is 0 Å². The first-order valence-corrected chi connectivity index (χ1v) is 7.51. The van der Waals surface area contributed by atoms with Crippen molar-refractivity contribution in [1.29, 1.82) is 0 Å². The molecule has 0 aromatic carbocycles. The molecule has 0 bridgehead atoms. The van der Waals surface area contributed by atoms with Crippen LogP contribution in [-0.4, -0.2) is 13.1 Å². The van der Waals surface area contributed by atoms with E-state index in [2.05, 4.69) is 39.9 Å². The van der Waals surface area contributed by atoms with Crippen LogP contribution in [-0.2, 0) is 0 Å². The molecule has 0 aromatic heterocycles. The molecule has 17 heavy (non-hydrogen) atoms. The highest BCUT2D eigenvalue weighted by Gasteiger charge is 2.48. The maximum Gasteiger partial charge on any atom is -0.00461 e. The van der Waals surface area contributed by atoms with Crippen molar-refractivity contribution < 1.29 is 0 Å². The van der Waals surface area contributed by atoms with E-state index in [0.717, 1.165) is 17.8 Å². The van der Waals surface area contributed by atoms with Gasteiger partial charge in [0.2, 0.25) is 0 Å². The van der Waals surface area contributed by atoms with Gasteiger partial charge in [0.25, 0.3) is 0 Å². The zero-order valence-electron chi connectivity index (χ0n) is 12.5. The third kappa shape index (κ3) is 3.24. The molecule has 0 aromatic rings. The lowest BCUT2D eigenvalue weighted by Gasteiger charge is -2.38. The summed E-state index contributed by atoms with van der Waals surface area (Å²) in [7, 11) is 0. The Labute approximate surface area is 108 Å². The van der Waals surface area contributed by atoms with Crippen LogP contribution in [0.15, 0.2) is 0 Å². The Balaban J connectivity index is 1.86. The van der Waals surface area contributed by atoms with E-state index in [1.807, 2.05) is 0 Å². The van der Waals surface area contributed by atoms with Gasteiger partial charge in [0.05, 0.1) is 0 Å². The fourth-order valence-corrected chi connectivity index (χ4v) is 3.98. The lowest BCUT2D eigenvalue weighted by atomic mass is 9.70. The molecule has 100 valence electrons. The molecule has 1 aliphatic carbocycles. The summed E-state index contributed by atoms with van der Waals surface area (Å²) < 4.78 is 0. The standard InChI is InChI=1S/C16H31N/c1-15(2,3)14-10-12(14)11-16(4,5)13-6-8-17-9-7-13/h12-14,17H,6-11H2,1-5H3. The highest BCUT2D eigenvalue weighted by molar-refractivity contribution is 4.97. The summed E-state index contributed by atoms with van der Waals surface area (Å²) in [4.78, 5) is 0. The predicted octanol–water partition coefficient (Wildman–Crippen LogP) is 4.08. The Morgan fingerprint density at radius 2 is 1.59 bits per heavy atom. The predicted molar refractivity (Wildman–Crippen MR) is 75.0 cm³/mol. The molecule has 1 aliphatic heterocycles. The van der Waals surface area contributed by atoms with Gasteiger partial charge in [0, 0.05) is 0 Å². The van der Waals surface area contributed by atoms with Gasteiger partial charge in [-0.25, -0.2) is 0 Å². The van der Waals surface area contributed by atoms with Gasteiger partial charge in [-0.1, -0.05) is 34.6 Å². The highest BCUT2D eigenvalue weighted by atomic mass is 14.9. The van der Waals surface area contributed by atoms with Gasteiger partial charge in [-0.15, -0.1) is 0 Å². The molecule has 1 N–H and O–H groups in total. The van der Waals surface area contributed by atoms with Crippen LogP contribution in [0, 0.1) is 28.6 Å². The van der Waals surface area contributed by atoms with Crippen molar-refractivity contribution in [2.75, 3.05) is 13.1 Å². The summed E-state index contributed by atoms with van der Waals surface area (Å²) in [6.07, 6.45) is 5.72. The number of piperidine rings is 1. The van der Waals surface area contributed by atoms with Gasteiger partial charge in [0.1, 0.15) is 0 Å². The largest absolute Gasteiger partial charge is 0.317 e. The average Bonchev–Trinajstić information content (AvgIpc) is 2.97. The molecule has 0 amide bonds. The van der Waals surface area contributed by atoms with E-state index >= 15 is 0 Å². The SMILES string of the molecule is CC(C)(C)C1CC1CC(C)(C)C1CCNCC1. The van der Waals surface area contributed by atoms with Gasteiger partial charge in [-0.2, -0.15) is 0 Å². The van der Waals surface area contributed by atoms with Crippen LogP contribution < -0.4 is 5.32 Å². The van der Waals surface area contributed by atoms with Crippen molar-refractivity contribution in [3.63, 3.8) is 0 Å². The van der Waals surface area contributed by atoms with Crippen LogP contribution in [0.3, 0.4) is 0 Å². The smallest absolute Gasteiger partial charge is 0.00461 e. The second kappa shape index (κ2) is 4.57. The van der Waals surface area contributed by atoms with Crippen molar-refractivity contribution >= 4 is 0 Å². The molecule has 2 atom stereocenters. The Kier molecular flexibility index (Phi) is 3.60. The van der Waals surface area contributed by atoms with Crippen molar-refractivity contribution in [1.82, 2.24) is 5.32 Å². The lowest BCUT2D eigenvalue weighted by Crippen LogP contribution is -2.36. The summed E-state index contributed by atoms with van der Waals surface area (Å²) >= 11 is 0. The lowest BCUT2D eigenvalue weighted by molar-refractivity contribution is 0.138. The van der Waals surface area contributed by atoms with E-state index in [-0.39, 0.29) is 0 Å². The van der Waals surface area contributed by atoms with Crippen LogP contribution in [0.2, 0.25) is 0 Å². The van der Waals surface area contributed by atoms with Gasteiger partial charge in [-0.3, -0.25) is 0 Å². The number of nitrogens with one attached hydrogen (secondary N) is 1. The minimum atomic E-state index is 0.537. The third-order valence-electron chi connectivity index (χ3n) is 5.27. The van der Waals surface area contributed by atoms with Gasteiger partial charge >= 0.3 is 0 Å². The molecule has 0 spiro atoms. The van der Waals surface area contributed by atoms with E-state index in [9.17, 15) is 0 Å². The molecular formula is C16H31N. The second-order valence-corrected chi connectivity index (χ2v) is 8.19. The molecule has 2 unspecified atom stereocenters. The van der Waals surface area contributed by atoms with Crippen molar-refractivity contribution in [2.24, 2.45) is 28.6 Å².